The minimum atomic E-state index is 0.0265. The molecule has 1 aliphatic carbocycles. The minimum Gasteiger partial charge on any atom is -0.362 e. The van der Waals surface area contributed by atoms with Gasteiger partial charge in [-0.1, -0.05) is 13.8 Å². The van der Waals surface area contributed by atoms with E-state index in [1.807, 2.05) is 10.7 Å². The summed E-state index contributed by atoms with van der Waals surface area (Å²) in [5.41, 5.74) is 2.14. The molecule has 0 saturated heterocycles. The van der Waals surface area contributed by atoms with Crippen LogP contribution in [0.1, 0.15) is 44.7 Å². The second-order valence-corrected chi connectivity index (χ2v) is 5.99. The van der Waals surface area contributed by atoms with Gasteiger partial charge < -0.3 is 5.32 Å². The van der Waals surface area contributed by atoms with Crippen molar-refractivity contribution in [2.75, 3.05) is 11.2 Å². The Morgan fingerprint density at radius 2 is 2.26 bits per heavy atom. The number of halogens is 1. The van der Waals surface area contributed by atoms with E-state index in [1.165, 1.54) is 6.42 Å². The van der Waals surface area contributed by atoms with Gasteiger partial charge in [0.05, 0.1) is 11.2 Å². The zero-order valence-electron chi connectivity index (χ0n) is 11.4. The molecule has 0 atom stereocenters. The van der Waals surface area contributed by atoms with Crippen LogP contribution in [0.2, 0.25) is 0 Å². The predicted molar refractivity (Wildman–Crippen MR) is 78.0 cm³/mol. The van der Waals surface area contributed by atoms with Gasteiger partial charge in [0.1, 0.15) is 5.52 Å². The first-order chi connectivity index (χ1) is 9.13. The SMILES string of the molecule is CC(C)c1cc2c(NC3(CCl)CCC3)nccn2n1. The van der Waals surface area contributed by atoms with Crippen molar-refractivity contribution in [2.45, 2.75) is 44.6 Å². The van der Waals surface area contributed by atoms with Crippen LogP contribution in [0.3, 0.4) is 0 Å². The van der Waals surface area contributed by atoms with Gasteiger partial charge in [-0.2, -0.15) is 5.10 Å². The van der Waals surface area contributed by atoms with Crippen molar-refractivity contribution in [3.05, 3.63) is 24.2 Å². The van der Waals surface area contributed by atoms with Gasteiger partial charge in [-0.05, 0) is 31.2 Å². The van der Waals surface area contributed by atoms with Crippen molar-refractivity contribution in [3.63, 3.8) is 0 Å². The molecule has 2 aromatic heterocycles. The summed E-state index contributed by atoms with van der Waals surface area (Å²) in [6.07, 6.45) is 7.14. The third-order valence-corrected chi connectivity index (χ3v) is 4.46. The van der Waals surface area contributed by atoms with Crippen LogP contribution >= 0.6 is 11.6 Å². The zero-order chi connectivity index (χ0) is 13.5. The van der Waals surface area contributed by atoms with Gasteiger partial charge in [0.25, 0.3) is 0 Å². The van der Waals surface area contributed by atoms with Gasteiger partial charge in [0, 0.05) is 18.3 Å². The normalized spacial score (nSPS) is 17.7. The van der Waals surface area contributed by atoms with E-state index in [9.17, 15) is 0 Å². The fourth-order valence-corrected chi connectivity index (χ4v) is 2.80. The molecule has 1 saturated carbocycles. The lowest BCUT2D eigenvalue weighted by atomic mass is 9.78. The lowest BCUT2D eigenvalue weighted by molar-refractivity contribution is 0.310. The average Bonchev–Trinajstić information content (AvgIpc) is 2.78. The summed E-state index contributed by atoms with van der Waals surface area (Å²) in [6, 6.07) is 2.11. The molecule has 1 fully saturated rings. The van der Waals surface area contributed by atoms with Crippen molar-refractivity contribution in [1.82, 2.24) is 14.6 Å². The van der Waals surface area contributed by atoms with Gasteiger partial charge in [0.2, 0.25) is 0 Å². The standard InChI is InChI=1S/C14H19ClN4/c1-10(2)11-8-12-13(16-6-7-19(12)18-11)17-14(9-15)4-3-5-14/h6-8,10H,3-5,9H2,1-2H3,(H,16,17). The molecule has 0 aliphatic heterocycles. The molecule has 0 radical (unpaired) electrons. The lowest BCUT2D eigenvalue weighted by Gasteiger charge is -2.41. The molecule has 2 heterocycles. The van der Waals surface area contributed by atoms with Gasteiger partial charge in [0.15, 0.2) is 5.82 Å². The summed E-state index contributed by atoms with van der Waals surface area (Å²) in [7, 11) is 0. The highest BCUT2D eigenvalue weighted by atomic mass is 35.5. The van der Waals surface area contributed by atoms with E-state index in [0.29, 0.717) is 11.8 Å². The molecule has 0 bridgehead atoms. The van der Waals surface area contributed by atoms with Crippen LogP contribution < -0.4 is 5.32 Å². The Balaban J connectivity index is 1.98. The summed E-state index contributed by atoms with van der Waals surface area (Å²) in [5, 5.41) is 8.11. The molecule has 5 heteroatoms. The Labute approximate surface area is 118 Å². The van der Waals surface area contributed by atoms with Crippen LogP contribution in [0.5, 0.6) is 0 Å². The first-order valence-electron chi connectivity index (χ1n) is 6.82. The minimum absolute atomic E-state index is 0.0265. The maximum atomic E-state index is 6.10. The first-order valence-corrected chi connectivity index (χ1v) is 7.35. The predicted octanol–water partition coefficient (Wildman–Crippen LogP) is 3.43. The summed E-state index contributed by atoms with van der Waals surface area (Å²) >= 11 is 6.10. The van der Waals surface area contributed by atoms with Gasteiger partial charge in [-0.25, -0.2) is 9.50 Å². The van der Waals surface area contributed by atoms with Crippen LogP contribution in [-0.4, -0.2) is 26.0 Å². The smallest absolute Gasteiger partial charge is 0.152 e. The Morgan fingerprint density at radius 3 is 2.84 bits per heavy atom. The average molecular weight is 279 g/mol. The van der Waals surface area contributed by atoms with E-state index in [-0.39, 0.29) is 5.54 Å². The van der Waals surface area contributed by atoms with Crippen LogP contribution in [0.4, 0.5) is 5.82 Å². The van der Waals surface area contributed by atoms with Gasteiger partial charge in [-0.3, -0.25) is 0 Å². The summed E-state index contributed by atoms with van der Waals surface area (Å²) in [5.74, 6) is 1.93. The number of anilines is 1. The first kappa shape index (κ1) is 12.7. The van der Waals surface area contributed by atoms with E-state index in [1.54, 1.807) is 6.20 Å². The Bertz CT molecular complexity index is 581. The molecule has 4 nitrogen and oxygen atoms in total. The van der Waals surface area contributed by atoms with E-state index in [4.69, 9.17) is 11.6 Å². The van der Waals surface area contributed by atoms with Crippen LogP contribution in [0, 0.1) is 0 Å². The second kappa shape index (κ2) is 4.67. The number of alkyl halides is 1. The molecule has 0 unspecified atom stereocenters. The van der Waals surface area contributed by atoms with Crippen molar-refractivity contribution in [1.29, 1.82) is 0 Å². The number of hydrogen-bond donors (Lipinski definition) is 1. The third kappa shape index (κ3) is 2.18. The number of rotatable bonds is 4. The maximum Gasteiger partial charge on any atom is 0.152 e. The molecular weight excluding hydrogens is 260 g/mol. The molecule has 1 N–H and O–H groups in total. The molecule has 0 amide bonds. The number of nitrogens with one attached hydrogen (secondary N) is 1. The fourth-order valence-electron chi connectivity index (χ4n) is 2.47. The van der Waals surface area contributed by atoms with E-state index in [2.05, 4.69) is 35.3 Å². The molecule has 3 rings (SSSR count). The summed E-state index contributed by atoms with van der Waals surface area (Å²) in [4.78, 5) is 4.46. The molecule has 0 aromatic carbocycles. The quantitative estimate of drug-likeness (QED) is 0.872. The largest absolute Gasteiger partial charge is 0.362 e. The highest BCUT2D eigenvalue weighted by Gasteiger charge is 2.36. The number of aromatic nitrogens is 3. The van der Waals surface area contributed by atoms with Gasteiger partial charge in [-0.15, -0.1) is 11.6 Å². The van der Waals surface area contributed by atoms with Crippen LogP contribution in [0.15, 0.2) is 18.5 Å². The van der Waals surface area contributed by atoms with Crippen molar-refractivity contribution in [2.24, 2.45) is 0 Å². The molecule has 102 valence electrons. The van der Waals surface area contributed by atoms with Crippen molar-refractivity contribution < 1.29 is 0 Å². The fraction of sp³-hybridized carbons (Fsp3) is 0.571. The second-order valence-electron chi connectivity index (χ2n) is 5.72. The summed E-state index contributed by atoms with van der Waals surface area (Å²) < 4.78 is 1.89. The number of fused-ring (bicyclic) bond motifs is 1. The number of nitrogens with zero attached hydrogens (tertiary/aromatic N) is 3. The third-order valence-electron chi connectivity index (χ3n) is 3.95. The molecule has 1 aliphatic rings. The van der Waals surface area contributed by atoms with Crippen LogP contribution in [-0.2, 0) is 0 Å². The molecule has 0 spiro atoms. The Morgan fingerprint density at radius 1 is 1.47 bits per heavy atom. The highest BCUT2D eigenvalue weighted by molar-refractivity contribution is 6.19. The Kier molecular flexibility index (Phi) is 3.13. The molecule has 2 aromatic rings. The van der Waals surface area contributed by atoms with Crippen LogP contribution in [0.25, 0.3) is 5.52 Å². The van der Waals surface area contributed by atoms with Gasteiger partial charge >= 0.3 is 0 Å². The van der Waals surface area contributed by atoms with Crippen molar-refractivity contribution >= 4 is 22.9 Å². The van der Waals surface area contributed by atoms with E-state index in [0.717, 1.165) is 29.9 Å². The lowest BCUT2D eigenvalue weighted by Crippen LogP contribution is -2.47. The van der Waals surface area contributed by atoms with E-state index < -0.39 is 0 Å². The number of hydrogen-bond acceptors (Lipinski definition) is 3. The van der Waals surface area contributed by atoms with Crippen molar-refractivity contribution in [3.8, 4) is 0 Å². The summed E-state index contributed by atoms with van der Waals surface area (Å²) in [6.45, 7) is 4.29. The molecule has 19 heavy (non-hydrogen) atoms. The zero-order valence-corrected chi connectivity index (χ0v) is 12.1. The highest BCUT2D eigenvalue weighted by Crippen LogP contribution is 2.36. The topological polar surface area (TPSA) is 42.2 Å². The molecular formula is C14H19ClN4. The monoisotopic (exact) mass is 278 g/mol. The van der Waals surface area contributed by atoms with E-state index >= 15 is 0 Å². The maximum absolute atomic E-state index is 6.10. The Hall–Kier alpha value is -1.29.